The third-order valence-electron chi connectivity index (χ3n) is 7.53. The molecule has 3 fully saturated rings. The van der Waals surface area contributed by atoms with Gasteiger partial charge in [-0.2, -0.15) is 0 Å². The SMILES string of the molecule is COC(=O)c1sc(C#CC#CC(C)(C)C)cc1N(C(=O)C1CCC(C)CC1)C1CCC2(CC1)OCCO2. The van der Waals surface area contributed by atoms with E-state index in [-0.39, 0.29) is 23.3 Å². The van der Waals surface area contributed by atoms with E-state index in [1.165, 1.54) is 18.4 Å². The van der Waals surface area contributed by atoms with Gasteiger partial charge < -0.3 is 19.1 Å². The summed E-state index contributed by atoms with van der Waals surface area (Å²) in [6, 6.07) is 1.84. The molecule has 200 valence electrons. The van der Waals surface area contributed by atoms with Crippen LogP contribution in [0.5, 0.6) is 0 Å². The van der Waals surface area contributed by atoms with Gasteiger partial charge in [0.2, 0.25) is 5.91 Å². The number of hydrogen-bond acceptors (Lipinski definition) is 6. The minimum absolute atomic E-state index is 0.0372. The number of rotatable bonds is 4. The van der Waals surface area contributed by atoms with Crippen molar-refractivity contribution in [3.63, 3.8) is 0 Å². The zero-order valence-electron chi connectivity index (χ0n) is 22.8. The molecule has 0 N–H and O–H groups in total. The molecular formula is C30H39NO5S. The van der Waals surface area contributed by atoms with Crippen LogP contribution in [0.1, 0.15) is 93.6 Å². The summed E-state index contributed by atoms with van der Waals surface area (Å²) in [5.41, 5.74) is 0.473. The summed E-state index contributed by atoms with van der Waals surface area (Å²) in [7, 11) is 1.37. The molecule has 7 heteroatoms. The number of esters is 1. The maximum absolute atomic E-state index is 14.1. The fourth-order valence-electron chi connectivity index (χ4n) is 5.46. The first-order valence-corrected chi connectivity index (χ1v) is 14.3. The van der Waals surface area contributed by atoms with E-state index in [4.69, 9.17) is 14.2 Å². The second-order valence-electron chi connectivity index (χ2n) is 11.6. The number of anilines is 1. The molecule has 0 radical (unpaired) electrons. The van der Waals surface area contributed by atoms with E-state index in [2.05, 4.69) is 30.6 Å². The van der Waals surface area contributed by atoms with Crippen LogP contribution in [0.3, 0.4) is 0 Å². The lowest BCUT2D eigenvalue weighted by Crippen LogP contribution is -2.49. The molecule has 1 saturated heterocycles. The van der Waals surface area contributed by atoms with Gasteiger partial charge in [0.05, 0.1) is 30.9 Å². The number of carbonyl (C=O) groups excluding carboxylic acids is 2. The molecule has 0 unspecified atom stereocenters. The van der Waals surface area contributed by atoms with E-state index in [1.54, 1.807) is 0 Å². The molecule has 2 heterocycles. The minimum atomic E-state index is -0.520. The largest absolute Gasteiger partial charge is 0.465 e. The predicted octanol–water partition coefficient (Wildman–Crippen LogP) is 5.78. The third kappa shape index (κ3) is 6.77. The fourth-order valence-corrected chi connectivity index (χ4v) is 6.38. The molecule has 1 aromatic heterocycles. The number of thiophene rings is 1. The van der Waals surface area contributed by atoms with Gasteiger partial charge in [0.1, 0.15) is 4.88 Å². The average Bonchev–Trinajstić information content (AvgIpc) is 3.50. The van der Waals surface area contributed by atoms with E-state index < -0.39 is 11.8 Å². The van der Waals surface area contributed by atoms with Crippen molar-refractivity contribution in [3.05, 3.63) is 15.8 Å². The number of ether oxygens (including phenoxy) is 3. The lowest BCUT2D eigenvalue weighted by atomic mass is 9.81. The van der Waals surface area contributed by atoms with Crippen molar-refractivity contribution in [3.8, 4) is 23.7 Å². The van der Waals surface area contributed by atoms with Crippen molar-refractivity contribution in [2.75, 3.05) is 25.2 Å². The van der Waals surface area contributed by atoms with Gasteiger partial charge in [0.15, 0.2) is 5.79 Å². The standard InChI is InChI=1S/C30H39NO5S/c1-21-9-11-22(12-10-21)27(32)31(23-13-16-30(17-14-23)35-18-19-36-30)25-20-24(37-26(25)28(33)34-5)8-6-7-15-29(2,3)4/h20-23H,9-14,16-19H2,1-5H3. The van der Waals surface area contributed by atoms with Gasteiger partial charge in [-0.3, -0.25) is 4.79 Å². The highest BCUT2D eigenvalue weighted by Gasteiger charge is 2.44. The van der Waals surface area contributed by atoms with Gasteiger partial charge in [-0.05, 0) is 89.0 Å². The Hall–Kier alpha value is -2.32. The average molecular weight is 526 g/mol. The Morgan fingerprint density at radius 1 is 1.05 bits per heavy atom. The van der Waals surface area contributed by atoms with E-state index in [9.17, 15) is 9.59 Å². The first-order chi connectivity index (χ1) is 17.6. The number of carbonyl (C=O) groups is 2. The van der Waals surface area contributed by atoms with Crippen LogP contribution < -0.4 is 4.90 Å². The molecule has 3 aliphatic rings. The first-order valence-electron chi connectivity index (χ1n) is 13.5. The highest BCUT2D eigenvalue weighted by molar-refractivity contribution is 7.15. The Bertz CT molecular complexity index is 1100. The van der Waals surface area contributed by atoms with Crippen molar-refractivity contribution in [2.45, 2.75) is 90.9 Å². The fraction of sp³-hybridized carbons (Fsp3) is 0.667. The lowest BCUT2D eigenvalue weighted by molar-refractivity contribution is -0.179. The molecule has 6 nitrogen and oxygen atoms in total. The van der Waals surface area contributed by atoms with Gasteiger partial charge in [0, 0.05) is 30.2 Å². The monoisotopic (exact) mass is 525 g/mol. The van der Waals surface area contributed by atoms with Gasteiger partial charge in [-0.15, -0.1) is 11.3 Å². The summed E-state index contributed by atoms with van der Waals surface area (Å²) in [5, 5.41) is 0. The lowest BCUT2D eigenvalue weighted by Gasteiger charge is -2.42. The molecule has 2 aliphatic carbocycles. The van der Waals surface area contributed by atoms with Gasteiger partial charge in [0.25, 0.3) is 0 Å². The maximum atomic E-state index is 14.1. The van der Waals surface area contributed by atoms with Crippen LogP contribution in [0.25, 0.3) is 0 Å². The third-order valence-corrected chi connectivity index (χ3v) is 8.55. The summed E-state index contributed by atoms with van der Waals surface area (Å²) < 4.78 is 17.0. The summed E-state index contributed by atoms with van der Waals surface area (Å²) >= 11 is 1.27. The van der Waals surface area contributed by atoms with Gasteiger partial charge in [-0.1, -0.05) is 12.8 Å². The minimum Gasteiger partial charge on any atom is -0.465 e. The molecule has 1 spiro atoms. The normalized spacial score (nSPS) is 23.5. The van der Waals surface area contributed by atoms with E-state index in [0.717, 1.165) is 51.4 Å². The van der Waals surface area contributed by atoms with Crippen LogP contribution in [-0.4, -0.2) is 44.0 Å². The number of amides is 1. The Balaban J connectivity index is 1.68. The Morgan fingerprint density at radius 2 is 1.70 bits per heavy atom. The first kappa shape index (κ1) is 27.7. The van der Waals surface area contributed by atoms with Crippen LogP contribution in [0.4, 0.5) is 5.69 Å². The Kier molecular flexibility index (Phi) is 8.69. The molecule has 0 atom stereocenters. The zero-order chi connectivity index (χ0) is 26.6. The van der Waals surface area contributed by atoms with E-state index in [0.29, 0.717) is 34.6 Å². The van der Waals surface area contributed by atoms with Crippen molar-refractivity contribution in [2.24, 2.45) is 17.3 Å². The van der Waals surface area contributed by atoms with Crippen molar-refractivity contribution in [1.82, 2.24) is 0 Å². The van der Waals surface area contributed by atoms with Crippen LogP contribution in [0.2, 0.25) is 0 Å². The smallest absolute Gasteiger partial charge is 0.350 e. The Morgan fingerprint density at radius 3 is 2.30 bits per heavy atom. The van der Waals surface area contributed by atoms with Crippen molar-refractivity contribution >= 4 is 28.9 Å². The molecular weight excluding hydrogens is 486 g/mol. The highest BCUT2D eigenvalue weighted by Crippen LogP contribution is 2.42. The second kappa shape index (κ2) is 11.6. The zero-order valence-corrected chi connectivity index (χ0v) is 23.6. The topological polar surface area (TPSA) is 65.1 Å². The molecule has 0 aromatic carbocycles. The van der Waals surface area contributed by atoms with Crippen LogP contribution >= 0.6 is 11.3 Å². The maximum Gasteiger partial charge on any atom is 0.350 e. The molecule has 1 aromatic rings. The molecule has 37 heavy (non-hydrogen) atoms. The second-order valence-corrected chi connectivity index (χ2v) is 12.6. The molecule has 1 amide bonds. The van der Waals surface area contributed by atoms with Gasteiger partial charge >= 0.3 is 5.97 Å². The highest BCUT2D eigenvalue weighted by atomic mass is 32.1. The van der Waals surface area contributed by atoms with Crippen molar-refractivity contribution < 1.29 is 23.8 Å². The van der Waals surface area contributed by atoms with Gasteiger partial charge in [-0.25, -0.2) is 4.79 Å². The van der Waals surface area contributed by atoms with Crippen LogP contribution in [-0.2, 0) is 19.0 Å². The molecule has 1 aliphatic heterocycles. The quantitative estimate of drug-likeness (QED) is 0.368. The van der Waals surface area contributed by atoms with Crippen molar-refractivity contribution in [1.29, 1.82) is 0 Å². The van der Waals surface area contributed by atoms with Crippen LogP contribution in [0, 0.1) is 40.9 Å². The van der Waals surface area contributed by atoms with Crippen LogP contribution in [0.15, 0.2) is 6.07 Å². The number of methoxy groups -OCH3 is 1. The summed E-state index contributed by atoms with van der Waals surface area (Å²) in [5.74, 6) is 11.8. The summed E-state index contributed by atoms with van der Waals surface area (Å²) in [6.07, 6.45) is 6.84. The Labute approximate surface area is 225 Å². The number of nitrogens with zero attached hydrogens (tertiary/aromatic N) is 1. The summed E-state index contributed by atoms with van der Waals surface area (Å²) in [6.45, 7) is 9.58. The molecule has 2 saturated carbocycles. The summed E-state index contributed by atoms with van der Waals surface area (Å²) in [4.78, 5) is 30.0. The van der Waals surface area contributed by atoms with E-state index >= 15 is 0 Å². The molecule has 4 rings (SSSR count). The molecule has 0 bridgehead atoms. The van der Waals surface area contributed by atoms with E-state index in [1.807, 2.05) is 31.7 Å². The number of hydrogen-bond donors (Lipinski definition) is 0. The predicted molar refractivity (Wildman–Crippen MR) is 145 cm³/mol.